The molecule has 0 saturated heterocycles. The number of carbonyl (C=O) groups excluding carboxylic acids is 2. The van der Waals surface area contributed by atoms with Crippen LogP contribution in [0.5, 0.6) is 5.75 Å². The second-order valence-corrected chi connectivity index (χ2v) is 7.58. The number of aliphatic hydroxyl groups is 1. The van der Waals surface area contributed by atoms with Gasteiger partial charge in [-0.1, -0.05) is 64.5 Å². The molecule has 1 rings (SSSR count). The Morgan fingerprint density at radius 3 is 2.23 bits per heavy atom. The number of hydrogen-bond acceptors (Lipinski definition) is 6. The van der Waals surface area contributed by atoms with Gasteiger partial charge in [-0.25, -0.2) is 0 Å². The van der Waals surface area contributed by atoms with Crippen LogP contribution in [-0.2, 0) is 25.5 Å². The summed E-state index contributed by atoms with van der Waals surface area (Å²) >= 11 is 0. The molecular weight excluding hydrogens is 384 g/mol. The quantitative estimate of drug-likeness (QED) is 0.295. The van der Waals surface area contributed by atoms with E-state index in [1.807, 2.05) is 12.1 Å². The molecule has 0 fully saturated rings. The minimum Gasteiger partial charge on any atom is -0.490 e. The summed E-state index contributed by atoms with van der Waals surface area (Å²) in [5.41, 5.74) is 1.31. The van der Waals surface area contributed by atoms with E-state index in [0.717, 1.165) is 12.2 Å². The first-order chi connectivity index (χ1) is 14.6. The zero-order valence-corrected chi connectivity index (χ0v) is 18.6. The number of aryl methyl sites for hydroxylation is 1. The molecule has 0 amide bonds. The van der Waals surface area contributed by atoms with E-state index in [2.05, 4.69) is 19.1 Å². The lowest BCUT2D eigenvalue weighted by atomic mass is 10.0. The van der Waals surface area contributed by atoms with Crippen LogP contribution in [-0.4, -0.2) is 43.5 Å². The van der Waals surface area contributed by atoms with Crippen molar-refractivity contribution in [3.63, 3.8) is 0 Å². The first kappa shape index (κ1) is 26.0. The molecule has 0 bridgehead atoms. The highest BCUT2D eigenvalue weighted by Crippen LogP contribution is 2.15. The lowest BCUT2D eigenvalue weighted by Crippen LogP contribution is -2.22. The van der Waals surface area contributed by atoms with Crippen LogP contribution in [0, 0.1) is 5.92 Å². The van der Waals surface area contributed by atoms with E-state index < -0.39 is 17.9 Å². The monoisotopic (exact) mass is 422 g/mol. The van der Waals surface area contributed by atoms with Crippen molar-refractivity contribution in [3.8, 4) is 5.75 Å². The number of carbonyl (C=O) groups is 2. The number of aliphatic hydroxyl groups excluding tert-OH is 1. The van der Waals surface area contributed by atoms with Crippen molar-refractivity contribution in [3.05, 3.63) is 29.8 Å². The molecule has 0 spiro atoms. The third-order valence-electron chi connectivity index (χ3n) is 4.82. The Morgan fingerprint density at radius 2 is 1.57 bits per heavy atom. The van der Waals surface area contributed by atoms with Crippen molar-refractivity contribution >= 4 is 11.9 Å². The van der Waals surface area contributed by atoms with Gasteiger partial charge in [0.2, 0.25) is 0 Å². The fourth-order valence-corrected chi connectivity index (χ4v) is 3.03. The number of hydrogen-bond donors (Lipinski definition) is 1. The van der Waals surface area contributed by atoms with Gasteiger partial charge in [0.25, 0.3) is 0 Å². The van der Waals surface area contributed by atoms with E-state index in [1.165, 1.54) is 50.5 Å². The van der Waals surface area contributed by atoms with E-state index >= 15 is 0 Å². The molecule has 0 aliphatic carbocycles. The minimum atomic E-state index is -0.595. The van der Waals surface area contributed by atoms with Crippen LogP contribution in [0.4, 0.5) is 0 Å². The summed E-state index contributed by atoms with van der Waals surface area (Å²) < 4.78 is 15.5. The predicted octanol–water partition coefficient (Wildman–Crippen LogP) is 4.46. The number of ether oxygens (including phenoxy) is 3. The van der Waals surface area contributed by atoms with Crippen LogP contribution in [0.15, 0.2) is 24.3 Å². The lowest BCUT2D eigenvalue weighted by molar-refractivity contribution is -0.155. The van der Waals surface area contributed by atoms with Crippen molar-refractivity contribution in [1.29, 1.82) is 0 Å². The molecule has 0 radical (unpaired) electrons. The number of esters is 2. The van der Waals surface area contributed by atoms with E-state index in [0.29, 0.717) is 0 Å². The number of unbranched alkanes of at least 4 members (excludes halogenated alkanes) is 6. The molecule has 0 aliphatic heterocycles. The minimum absolute atomic E-state index is 0.0632. The predicted molar refractivity (Wildman–Crippen MR) is 116 cm³/mol. The van der Waals surface area contributed by atoms with Gasteiger partial charge < -0.3 is 19.3 Å². The standard InChI is InChI=1S/C24H38O6/c1-3-4-5-6-7-8-9-10-21-11-13-22(14-12-21)28-17-18-30-24(27)20(2)19-23(26)29-16-15-25/h11-14,20,25H,3-10,15-19H2,1-2H3. The molecule has 0 aliphatic rings. The van der Waals surface area contributed by atoms with Gasteiger partial charge >= 0.3 is 11.9 Å². The van der Waals surface area contributed by atoms with Crippen molar-refractivity contribution in [1.82, 2.24) is 0 Å². The molecule has 1 unspecified atom stereocenters. The smallest absolute Gasteiger partial charge is 0.309 e. The third kappa shape index (κ3) is 12.5. The average molecular weight is 423 g/mol. The van der Waals surface area contributed by atoms with E-state index in [9.17, 15) is 9.59 Å². The maximum Gasteiger partial charge on any atom is 0.309 e. The van der Waals surface area contributed by atoms with Crippen LogP contribution in [0.25, 0.3) is 0 Å². The highest BCUT2D eigenvalue weighted by atomic mass is 16.6. The molecule has 0 heterocycles. The summed E-state index contributed by atoms with van der Waals surface area (Å²) in [7, 11) is 0. The van der Waals surface area contributed by atoms with Gasteiger partial charge in [-0.15, -0.1) is 0 Å². The SMILES string of the molecule is CCCCCCCCCc1ccc(OCCOC(=O)C(C)CC(=O)OCCO)cc1. The van der Waals surface area contributed by atoms with Crippen LogP contribution < -0.4 is 4.74 Å². The highest BCUT2D eigenvalue weighted by Gasteiger charge is 2.19. The second-order valence-electron chi connectivity index (χ2n) is 7.58. The zero-order valence-electron chi connectivity index (χ0n) is 18.6. The molecule has 0 aromatic heterocycles. The molecule has 1 atom stereocenters. The van der Waals surface area contributed by atoms with Crippen LogP contribution in [0.2, 0.25) is 0 Å². The van der Waals surface area contributed by atoms with Gasteiger partial charge in [0.05, 0.1) is 18.9 Å². The molecular formula is C24H38O6. The van der Waals surface area contributed by atoms with Gasteiger partial charge in [-0.3, -0.25) is 9.59 Å². The maximum atomic E-state index is 11.9. The van der Waals surface area contributed by atoms with Crippen LogP contribution in [0.1, 0.15) is 70.8 Å². The fourth-order valence-electron chi connectivity index (χ4n) is 3.03. The van der Waals surface area contributed by atoms with Gasteiger partial charge in [0, 0.05) is 0 Å². The summed E-state index contributed by atoms with van der Waals surface area (Å²) in [6, 6.07) is 8.05. The van der Waals surface area contributed by atoms with Gasteiger partial charge in [0.15, 0.2) is 0 Å². The van der Waals surface area contributed by atoms with Gasteiger partial charge in [-0.2, -0.15) is 0 Å². The molecule has 0 saturated carbocycles. The first-order valence-corrected chi connectivity index (χ1v) is 11.2. The van der Waals surface area contributed by atoms with E-state index in [1.54, 1.807) is 6.92 Å². The van der Waals surface area contributed by atoms with Crippen molar-refractivity contribution in [2.45, 2.75) is 71.6 Å². The summed E-state index contributed by atoms with van der Waals surface area (Å²) in [5.74, 6) is -0.844. The van der Waals surface area contributed by atoms with E-state index in [4.69, 9.17) is 19.3 Å². The fraction of sp³-hybridized carbons (Fsp3) is 0.667. The van der Waals surface area contributed by atoms with Crippen molar-refractivity contribution in [2.24, 2.45) is 5.92 Å². The van der Waals surface area contributed by atoms with Crippen molar-refractivity contribution < 1.29 is 28.9 Å². The average Bonchev–Trinajstić information content (AvgIpc) is 2.75. The summed E-state index contributed by atoms with van der Waals surface area (Å²) in [5, 5.41) is 8.61. The Morgan fingerprint density at radius 1 is 0.900 bits per heavy atom. The molecule has 1 N–H and O–H groups in total. The second kappa shape index (κ2) is 16.7. The summed E-state index contributed by atoms with van der Waals surface area (Å²) in [6.07, 6.45) is 10.2. The Balaban J connectivity index is 2.14. The molecule has 1 aromatic carbocycles. The maximum absolute atomic E-state index is 11.9. The third-order valence-corrected chi connectivity index (χ3v) is 4.82. The lowest BCUT2D eigenvalue weighted by Gasteiger charge is -2.12. The number of rotatable bonds is 17. The Hall–Kier alpha value is -2.08. The number of benzene rings is 1. The summed E-state index contributed by atoms with van der Waals surface area (Å²) in [4.78, 5) is 23.3. The Kier molecular flexibility index (Phi) is 14.4. The first-order valence-electron chi connectivity index (χ1n) is 11.2. The van der Waals surface area contributed by atoms with Crippen molar-refractivity contribution in [2.75, 3.05) is 26.4 Å². The highest BCUT2D eigenvalue weighted by molar-refractivity contribution is 5.79. The van der Waals surface area contributed by atoms with Crippen LogP contribution in [0.3, 0.4) is 0 Å². The molecule has 30 heavy (non-hydrogen) atoms. The van der Waals surface area contributed by atoms with Gasteiger partial charge in [0.1, 0.15) is 25.6 Å². The van der Waals surface area contributed by atoms with E-state index in [-0.39, 0.29) is 32.8 Å². The summed E-state index contributed by atoms with van der Waals surface area (Å²) in [6.45, 7) is 3.92. The zero-order chi connectivity index (χ0) is 22.0. The Labute approximate surface area is 180 Å². The molecule has 6 nitrogen and oxygen atoms in total. The molecule has 1 aromatic rings. The van der Waals surface area contributed by atoms with Crippen LogP contribution >= 0.6 is 0 Å². The molecule has 170 valence electrons. The normalized spacial score (nSPS) is 11.7. The topological polar surface area (TPSA) is 82.1 Å². The largest absolute Gasteiger partial charge is 0.490 e. The van der Waals surface area contributed by atoms with Gasteiger partial charge in [-0.05, 0) is 30.5 Å². The molecule has 6 heteroatoms. The Bertz CT molecular complexity index is 584.